The van der Waals surface area contributed by atoms with Gasteiger partial charge in [0.25, 0.3) is 0 Å². The molecule has 8 heteroatoms. The Hall–Kier alpha value is -1.73. The van der Waals surface area contributed by atoms with E-state index in [-0.39, 0.29) is 30.2 Å². The molecule has 3 heterocycles. The van der Waals surface area contributed by atoms with Crippen LogP contribution in [0.25, 0.3) is 0 Å². The molecule has 2 fully saturated rings. The summed E-state index contributed by atoms with van der Waals surface area (Å²) in [5.74, 6) is 1.24. The average molecular weight is 356 g/mol. The van der Waals surface area contributed by atoms with Gasteiger partial charge in [-0.15, -0.1) is 0 Å². The van der Waals surface area contributed by atoms with Gasteiger partial charge in [-0.2, -0.15) is 18.3 Å². The average Bonchev–Trinajstić information content (AvgIpc) is 2.95. The molecule has 1 aromatic rings. The van der Waals surface area contributed by atoms with Crippen molar-refractivity contribution in [3.05, 3.63) is 11.8 Å². The number of amides is 1. The van der Waals surface area contributed by atoms with Gasteiger partial charge in [0.15, 0.2) is 6.04 Å². The van der Waals surface area contributed by atoms with Gasteiger partial charge in [0.05, 0.1) is 5.69 Å². The molecule has 1 aromatic heterocycles. The fraction of sp³-hybridized carbons (Fsp3) is 0.765. The highest BCUT2D eigenvalue weighted by molar-refractivity contribution is 5.82. The summed E-state index contributed by atoms with van der Waals surface area (Å²) in [5, 5.41) is 7.37. The molecule has 4 rings (SSSR count). The smallest absolute Gasteiger partial charge is 0.368 e. The van der Waals surface area contributed by atoms with Gasteiger partial charge < -0.3 is 10.2 Å². The summed E-state index contributed by atoms with van der Waals surface area (Å²) in [7, 11) is 0. The first-order valence-corrected chi connectivity index (χ1v) is 8.95. The summed E-state index contributed by atoms with van der Waals surface area (Å²) < 4.78 is 41.1. The molecule has 1 saturated heterocycles. The van der Waals surface area contributed by atoms with Gasteiger partial charge in [0.1, 0.15) is 5.82 Å². The number of anilines is 1. The minimum absolute atomic E-state index is 0.0158. The number of alkyl halides is 3. The van der Waals surface area contributed by atoms with E-state index in [0.717, 1.165) is 17.5 Å². The van der Waals surface area contributed by atoms with E-state index in [2.05, 4.69) is 17.3 Å². The molecular weight excluding hydrogens is 333 g/mol. The first-order valence-electron chi connectivity index (χ1n) is 8.95. The van der Waals surface area contributed by atoms with Crippen molar-refractivity contribution in [2.24, 2.45) is 11.8 Å². The fourth-order valence-corrected chi connectivity index (χ4v) is 4.08. The van der Waals surface area contributed by atoms with E-state index in [9.17, 15) is 18.0 Å². The first kappa shape index (κ1) is 16.7. The van der Waals surface area contributed by atoms with Crippen molar-refractivity contribution in [1.82, 2.24) is 14.7 Å². The Morgan fingerprint density at radius 3 is 2.68 bits per heavy atom. The minimum atomic E-state index is -4.31. The normalized spacial score (nSPS) is 34.6. The van der Waals surface area contributed by atoms with Crippen LogP contribution >= 0.6 is 0 Å². The second-order valence-corrected chi connectivity index (χ2v) is 7.83. The van der Waals surface area contributed by atoms with Crippen LogP contribution in [-0.2, 0) is 4.79 Å². The number of halogens is 3. The summed E-state index contributed by atoms with van der Waals surface area (Å²) in [6, 6.07) is -0.104. The van der Waals surface area contributed by atoms with E-state index in [1.54, 1.807) is 13.0 Å². The fourth-order valence-electron chi connectivity index (χ4n) is 4.08. The van der Waals surface area contributed by atoms with Crippen LogP contribution in [0.15, 0.2) is 6.07 Å². The van der Waals surface area contributed by atoms with E-state index < -0.39 is 12.2 Å². The van der Waals surface area contributed by atoms with Crippen LogP contribution in [0.3, 0.4) is 0 Å². The third-order valence-corrected chi connectivity index (χ3v) is 5.74. The molecule has 1 N–H and O–H groups in total. The van der Waals surface area contributed by atoms with Crippen LogP contribution in [0.5, 0.6) is 0 Å². The molecule has 0 spiro atoms. The summed E-state index contributed by atoms with van der Waals surface area (Å²) in [6.07, 6.45) is -2.62. The van der Waals surface area contributed by atoms with E-state index in [4.69, 9.17) is 0 Å². The summed E-state index contributed by atoms with van der Waals surface area (Å²) in [4.78, 5) is 14.2. The number of nitrogens with zero attached hydrogens (tertiary/aromatic N) is 3. The zero-order chi connectivity index (χ0) is 17.9. The highest BCUT2D eigenvalue weighted by Gasteiger charge is 2.46. The molecule has 1 amide bonds. The Bertz CT molecular complexity index is 686. The molecule has 1 aliphatic carbocycles. The van der Waals surface area contributed by atoms with Gasteiger partial charge in [-0.25, -0.2) is 4.68 Å². The second-order valence-electron chi connectivity index (χ2n) is 7.83. The summed E-state index contributed by atoms with van der Waals surface area (Å²) >= 11 is 0. The predicted octanol–water partition coefficient (Wildman–Crippen LogP) is 3.16. The molecule has 5 nitrogen and oxygen atoms in total. The Labute approximate surface area is 144 Å². The van der Waals surface area contributed by atoms with Gasteiger partial charge in [-0.05, 0) is 32.1 Å². The van der Waals surface area contributed by atoms with Gasteiger partial charge in [-0.1, -0.05) is 6.92 Å². The van der Waals surface area contributed by atoms with E-state index in [1.165, 1.54) is 0 Å². The minimum Gasteiger partial charge on any atom is -0.368 e. The standard InChI is InChI=1S/C17H23F3N4O/c1-9-5-12(9)16(25)23-4-3-11(8-23)13-7-15-21-10(2)6-14(17(18,19)20)24(15)22-13/h7,9-12,14,21H,3-6,8H2,1-2H3/t9-,10-,11+,12+,14-/m1/s1. The Balaban J connectivity index is 1.52. The Morgan fingerprint density at radius 1 is 1.32 bits per heavy atom. The molecule has 138 valence electrons. The van der Waals surface area contributed by atoms with Crippen LogP contribution in [0.1, 0.15) is 50.8 Å². The molecule has 5 atom stereocenters. The maximum atomic E-state index is 13.3. The maximum Gasteiger partial charge on any atom is 0.410 e. The van der Waals surface area contributed by atoms with Crippen molar-refractivity contribution < 1.29 is 18.0 Å². The Kier molecular flexibility index (Phi) is 3.77. The first-order chi connectivity index (χ1) is 11.7. The number of hydrogen-bond acceptors (Lipinski definition) is 3. The van der Waals surface area contributed by atoms with Crippen molar-refractivity contribution in [2.75, 3.05) is 18.4 Å². The number of carbonyl (C=O) groups is 1. The van der Waals surface area contributed by atoms with Gasteiger partial charge in [-0.3, -0.25) is 4.79 Å². The van der Waals surface area contributed by atoms with E-state index in [0.29, 0.717) is 30.5 Å². The van der Waals surface area contributed by atoms with Gasteiger partial charge >= 0.3 is 6.18 Å². The van der Waals surface area contributed by atoms with Crippen LogP contribution in [0.4, 0.5) is 19.0 Å². The number of carbonyl (C=O) groups excluding carboxylic acids is 1. The maximum absolute atomic E-state index is 13.3. The number of hydrogen-bond donors (Lipinski definition) is 1. The molecule has 0 radical (unpaired) electrons. The molecule has 1 saturated carbocycles. The van der Waals surface area contributed by atoms with Crippen molar-refractivity contribution in [3.63, 3.8) is 0 Å². The number of rotatable bonds is 2. The zero-order valence-electron chi connectivity index (χ0n) is 14.4. The van der Waals surface area contributed by atoms with Crippen LogP contribution in [-0.4, -0.2) is 45.9 Å². The number of aromatic nitrogens is 2. The van der Waals surface area contributed by atoms with Gasteiger partial charge in [0.2, 0.25) is 5.91 Å². The topological polar surface area (TPSA) is 50.2 Å². The third-order valence-electron chi connectivity index (χ3n) is 5.74. The summed E-state index contributed by atoms with van der Waals surface area (Å²) in [6.45, 7) is 5.05. The quantitative estimate of drug-likeness (QED) is 0.886. The largest absolute Gasteiger partial charge is 0.410 e. The lowest BCUT2D eigenvalue weighted by Gasteiger charge is -2.31. The third kappa shape index (κ3) is 3.00. The highest BCUT2D eigenvalue weighted by Crippen LogP contribution is 2.42. The van der Waals surface area contributed by atoms with Crippen LogP contribution in [0, 0.1) is 11.8 Å². The SMILES string of the molecule is C[C@@H]1C[C@H](C(F)(F)F)n2nc([C@H]3CCN(C(=O)[C@H]4C[C@H]4C)C3)cc2N1. The highest BCUT2D eigenvalue weighted by atomic mass is 19.4. The molecule has 2 aliphatic heterocycles. The van der Waals surface area contributed by atoms with Crippen molar-refractivity contribution >= 4 is 11.7 Å². The van der Waals surface area contributed by atoms with Gasteiger partial charge in [0, 0.05) is 37.0 Å². The number of nitrogens with one attached hydrogen (secondary N) is 1. The lowest BCUT2D eigenvalue weighted by atomic mass is 10.0. The number of likely N-dealkylation sites (tertiary alicyclic amines) is 1. The van der Waals surface area contributed by atoms with Crippen molar-refractivity contribution in [1.29, 1.82) is 0 Å². The molecule has 3 aliphatic rings. The lowest BCUT2D eigenvalue weighted by Crippen LogP contribution is -2.37. The van der Waals surface area contributed by atoms with Crippen LogP contribution in [0.2, 0.25) is 0 Å². The van der Waals surface area contributed by atoms with E-state index in [1.807, 2.05) is 4.90 Å². The zero-order valence-corrected chi connectivity index (χ0v) is 14.4. The molecule has 25 heavy (non-hydrogen) atoms. The monoisotopic (exact) mass is 356 g/mol. The molecular formula is C17H23F3N4O. The van der Waals surface area contributed by atoms with E-state index >= 15 is 0 Å². The summed E-state index contributed by atoms with van der Waals surface area (Å²) in [5.41, 5.74) is 0.657. The molecule has 0 bridgehead atoms. The van der Waals surface area contributed by atoms with Crippen molar-refractivity contribution in [2.45, 2.75) is 57.3 Å². The van der Waals surface area contributed by atoms with Crippen molar-refractivity contribution in [3.8, 4) is 0 Å². The predicted molar refractivity (Wildman–Crippen MR) is 86.2 cm³/mol. The molecule has 0 aromatic carbocycles. The van der Waals surface area contributed by atoms with Crippen LogP contribution < -0.4 is 5.32 Å². The second kappa shape index (κ2) is 5.64. The Morgan fingerprint density at radius 2 is 2.04 bits per heavy atom. The number of fused-ring (bicyclic) bond motifs is 1. The molecule has 0 unspecified atom stereocenters. The lowest BCUT2D eigenvalue weighted by molar-refractivity contribution is -0.173.